The van der Waals surface area contributed by atoms with Crippen LogP contribution in [0.1, 0.15) is 38.9 Å². The van der Waals surface area contributed by atoms with Crippen LogP contribution in [0.25, 0.3) is 0 Å². The number of carbonyl (C=O) groups excluding carboxylic acids is 1. The monoisotopic (exact) mass is 264 g/mol. The summed E-state index contributed by atoms with van der Waals surface area (Å²) in [5.74, 6) is -0.0543. The van der Waals surface area contributed by atoms with Crippen molar-refractivity contribution in [1.29, 1.82) is 0 Å². The van der Waals surface area contributed by atoms with Gasteiger partial charge in [0.2, 0.25) is 0 Å². The molecule has 2 aromatic rings. The summed E-state index contributed by atoms with van der Waals surface area (Å²) in [4.78, 5) is 19.5. The Morgan fingerprint density at radius 1 is 1.50 bits per heavy atom. The summed E-state index contributed by atoms with van der Waals surface area (Å²) in [6.07, 6.45) is 2.97. The molecule has 0 bridgehead atoms. The van der Waals surface area contributed by atoms with Crippen LogP contribution in [0.4, 0.5) is 0 Å². The molecule has 2 aromatic heterocycles. The minimum Gasteiger partial charge on any atom is -0.472 e. The van der Waals surface area contributed by atoms with E-state index in [1.807, 2.05) is 20.8 Å². The first-order chi connectivity index (χ1) is 8.50. The van der Waals surface area contributed by atoms with E-state index in [-0.39, 0.29) is 11.9 Å². The van der Waals surface area contributed by atoms with Crippen molar-refractivity contribution < 1.29 is 9.21 Å². The smallest absolute Gasteiger partial charge is 0.257 e. The molecule has 0 aliphatic heterocycles. The van der Waals surface area contributed by atoms with Crippen LogP contribution in [0.2, 0.25) is 0 Å². The lowest BCUT2D eigenvalue weighted by atomic mass is 10.1. The zero-order chi connectivity index (χ0) is 13.3. The first-order valence-electron chi connectivity index (χ1n) is 5.74. The fourth-order valence-corrected chi connectivity index (χ4v) is 2.79. The number of nitrogens with zero attached hydrogens (tertiary/aromatic N) is 2. The van der Waals surface area contributed by atoms with Crippen LogP contribution >= 0.6 is 11.3 Å². The molecule has 0 aromatic carbocycles. The Hall–Kier alpha value is -1.62. The van der Waals surface area contributed by atoms with Gasteiger partial charge in [0.1, 0.15) is 6.26 Å². The quantitative estimate of drug-likeness (QED) is 0.855. The molecule has 1 atom stereocenters. The number of rotatable bonds is 3. The number of furan rings is 1. The Morgan fingerprint density at radius 3 is 2.72 bits per heavy atom. The Balaban J connectivity index is 2.21. The van der Waals surface area contributed by atoms with E-state index in [1.165, 1.54) is 12.5 Å². The van der Waals surface area contributed by atoms with Crippen molar-refractivity contribution in [2.24, 2.45) is 0 Å². The summed E-state index contributed by atoms with van der Waals surface area (Å²) in [6, 6.07) is 1.63. The van der Waals surface area contributed by atoms with Crippen LogP contribution in [-0.2, 0) is 0 Å². The third-order valence-corrected chi connectivity index (χ3v) is 3.91. The molecule has 0 radical (unpaired) electrons. The molecule has 0 saturated carbocycles. The molecule has 96 valence electrons. The highest BCUT2D eigenvalue weighted by Crippen LogP contribution is 2.26. The van der Waals surface area contributed by atoms with Gasteiger partial charge in [-0.3, -0.25) is 4.79 Å². The summed E-state index contributed by atoms with van der Waals surface area (Å²) in [5, 5.41) is 1.03. The van der Waals surface area contributed by atoms with Crippen LogP contribution in [0.5, 0.6) is 0 Å². The van der Waals surface area contributed by atoms with Crippen molar-refractivity contribution in [3.63, 3.8) is 0 Å². The fraction of sp³-hybridized carbons (Fsp3) is 0.385. The maximum absolute atomic E-state index is 12.2. The lowest BCUT2D eigenvalue weighted by Gasteiger charge is -2.23. The maximum atomic E-state index is 12.2. The Labute approximate surface area is 110 Å². The van der Waals surface area contributed by atoms with E-state index < -0.39 is 0 Å². The number of thiazole rings is 1. The Kier molecular flexibility index (Phi) is 3.52. The van der Waals surface area contributed by atoms with Gasteiger partial charge in [0.15, 0.2) is 0 Å². The minimum atomic E-state index is -0.0543. The summed E-state index contributed by atoms with van der Waals surface area (Å²) >= 11 is 1.66. The number of aryl methyl sites for hydroxylation is 2. The molecule has 1 amide bonds. The predicted molar refractivity (Wildman–Crippen MR) is 70.8 cm³/mol. The average Bonchev–Trinajstić information content (AvgIpc) is 2.96. The standard InChI is InChI=1S/C13H16N2O2S/c1-8(12-9(2)18-10(3)14-12)15(4)13(16)11-5-6-17-7-11/h5-8H,1-4H3/t8-/m1/s1. The molecule has 2 heterocycles. The van der Waals surface area contributed by atoms with Crippen LogP contribution in [0, 0.1) is 13.8 Å². The molecule has 0 N–H and O–H groups in total. The highest BCUT2D eigenvalue weighted by Gasteiger charge is 2.23. The lowest BCUT2D eigenvalue weighted by Crippen LogP contribution is -2.29. The third-order valence-electron chi connectivity index (χ3n) is 3.00. The number of aromatic nitrogens is 1. The van der Waals surface area contributed by atoms with Crippen LogP contribution in [-0.4, -0.2) is 22.8 Å². The zero-order valence-electron chi connectivity index (χ0n) is 10.9. The summed E-state index contributed by atoms with van der Waals surface area (Å²) in [6.45, 7) is 6.00. The van der Waals surface area contributed by atoms with Gasteiger partial charge in [0, 0.05) is 11.9 Å². The van der Waals surface area contributed by atoms with Crippen molar-refractivity contribution in [2.75, 3.05) is 7.05 Å². The second kappa shape index (κ2) is 4.94. The zero-order valence-corrected chi connectivity index (χ0v) is 11.7. The molecule has 0 aliphatic carbocycles. The van der Waals surface area contributed by atoms with Crippen LogP contribution in [0.15, 0.2) is 23.0 Å². The fourth-order valence-electron chi connectivity index (χ4n) is 1.88. The predicted octanol–water partition coefficient (Wildman–Crippen LogP) is 3.19. The van der Waals surface area contributed by atoms with E-state index in [0.717, 1.165) is 15.6 Å². The minimum absolute atomic E-state index is 0.0441. The van der Waals surface area contributed by atoms with Crippen LogP contribution in [0.3, 0.4) is 0 Å². The molecular formula is C13H16N2O2S. The molecule has 0 spiro atoms. The average molecular weight is 264 g/mol. The van der Waals surface area contributed by atoms with E-state index in [1.54, 1.807) is 29.4 Å². The first kappa shape index (κ1) is 12.8. The Morgan fingerprint density at radius 2 is 2.22 bits per heavy atom. The van der Waals surface area contributed by atoms with Gasteiger partial charge in [0.25, 0.3) is 5.91 Å². The molecule has 18 heavy (non-hydrogen) atoms. The molecule has 4 nitrogen and oxygen atoms in total. The highest BCUT2D eigenvalue weighted by molar-refractivity contribution is 7.11. The van der Waals surface area contributed by atoms with Gasteiger partial charge in [0.05, 0.1) is 28.6 Å². The maximum Gasteiger partial charge on any atom is 0.257 e. The van der Waals surface area contributed by atoms with E-state index >= 15 is 0 Å². The van der Waals surface area contributed by atoms with Gasteiger partial charge in [-0.25, -0.2) is 4.98 Å². The van der Waals surface area contributed by atoms with E-state index in [2.05, 4.69) is 4.98 Å². The van der Waals surface area contributed by atoms with E-state index in [9.17, 15) is 4.79 Å². The van der Waals surface area contributed by atoms with E-state index in [4.69, 9.17) is 4.42 Å². The highest BCUT2D eigenvalue weighted by atomic mass is 32.1. The SMILES string of the molecule is Cc1nc([C@@H](C)N(C)C(=O)c2ccoc2)c(C)s1. The van der Waals surface area contributed by atoms with Gasteiger partial charge < -0.3 is 9.32 Å². The van der Waals surface area contributed by atoms with E-state index in [0.29, 0.717) is 5.56 Å². The van der Waals surface area contributed by atoms with Gasteiger partial charge in [-0.05, 0) is 26.8 Å². The first-order valence-corrected chi connectivity index (χ1v) is 6.55. The van der Waals surface area contributed by atoms with Gasteiger partial charge in [-0.2, -0.15) is 0 Å². The second-order valence-electron chi connectivity index (χ2n) is 4.28. The lowest BCUT2D eigenvalue weighted by molar-refractivity contribution is 0.0739. The van der Waals surface area contributed by atoms with Crippen molar-refractivity contribution in [3.05, 3.63) is 39.7 Å². The Bertz CT molecular complexity index is 545. The molecular weight excluding hydrogens is 248 g/mol. The number of hydrogen-bond donors (Lipinski definition) is 0. The van der Waals surface area contributed by atoms with Gasteiger partial charge in [-0.15, -0.1) is 11.3 Å². The molecule has 5 heteroatoms. The molecule has 0 saturated heterocycles. The van der Waals surface area contributed by atoms with Crippen LogP contribution < -0.4 is 0 Å². The summed E-state index contributed by atoms with van der Waals surface area (Å²) in [7, 11) is 1.79. The van der Waals surface area contributed by atoms with Crippen molar-refractivity contribution in [3.8, 4) is 0 Å². The van der Waals surface area contributed by atoms with Gasteiger partial charge >= 0.3 is 0 Å². The number of amides is 1. The summed E-state index contributed by atoms with van der Waals surface area (Å²) < 4.78 is 4.94. The molecule has 0 fully saturated rings. The number of hydrogen-bond acceptors (Lipinski definition) is 4. The third kappa shape index (κ3) is 2.31. The van der Waals surface area contributed by atoms with Crippen molar-refractivity contribution in [2.45, 2.75) is 26.8 Å². The topological polar surface area (TPSA) is 46.3 Å². The number of carbonyl (C=O) groups is 1. The molecule has 0 unspecified atom stereocenters. The normalized spacial score (nSPS) is 12.4. The second-order valence-corrected chi connectivity index (χ2v) is 5.69. The van der Waals surface area contributed by atoms with Crippen molar-refractivity contribution >= 4 is 17.2 Å². The molecule has 0 aliphatic rings. The largest absolute Gasteiger partial charge is 0.472 e. The van der Waals surface area contributed by atoms with Gasteiger partial charge in [-0.1, -0.05) is 0 Å². The summed E-state index contributed by atoms with van der Waals surface area (Å²) in [5.41, 5.74) is 1.53. The molecule has 2 rings (SSSR count). The van der Waals surface area contributed by atoms with Crippen molar-refractivity contribution in [1.82, 2.24) is 9.88 Å².